The van der Waals surface area contributed by atoms with Crippen molar-refractivity contribution >= 4 is 17.9 Å². The molecule has 4 nitrogen and oxygen atoms in total. The highest BCUT2D eigenvalue weighted by atomic mass is 16.5. The minimum atomic E-state index is -0.479. The molecule has 1 amide bonds. The Kier molecular flexibility index (Phi) is 4.40. The number of amides is 1. The third kappa shape index (κ3) is 4.36. The molecule has 17 heavy (non-hydrogen) atoms. The van der Waals surface area contributed by atoms with Crippen molar-refractivity contribution in [2.45, 2.75) is 25.9 Å². The van der Waals surface area contributed by atoms with E-state index >= 15 is 0 Å². The summed E-state index contributed by atoms with van der Waals surface area (Å²) in [6, 6.07) is 6.71. The second-order valence-electron chi connectivity index (χ2n) is 4.43. The van der Waals surface area contributed by atoms with Gasteiger partial charge < -0.3 is 10.1 Å². The summed E-state index contributed by atoms with van der Waals surface area (Å²) in [5, 5.41) is 2.75. The van der Waals surface area contributed by atoms with Gasteiger partial charge in [0.05, 0.1) is 12.0 Å². The van der Waals surface area contributed by atoms with Crippen LogP contribution in [0.4, 0.5) is 5.69 Å². The molecule has 0 aliphatic rings. The Bertz CT molecular complexity index is 396. The van der Waals surface area contributed by atoms with Gasteiger partial charge in [-0.3, -0.25) is 9.59 Å². The summed E-state index contributed by atoms with van der Waals surface area (Å²) in [7, 11) is 1.58. The van der Waals surface area contributed by atoms with E-state index in [2.05, 4.69) is 5.32 Å². The summed E-state index contributed by atoms with van der Waals surface area (Å²) in [4.78, 5) is 22.1. The number of benzene rings is 1. The van der Waals surface area contributed by atoms with Crippen molar-refractivity contribution in [3.8, 4) is 0 Å². The van der Waals surface area contributed by atoms with Crippen LogP contribution in [0.2, 0.25) is 0 Å². The summed E-state index contributed by atoms with van der Waals surface area (Å²) in [6.07, 6.45) is 1.04. The molecule has 0 aromatic heterocycles. The van der Waals surface area contributed by atoms with Crippen molar-refractivity contribution in [1.29, 1.82) is 0 Å². The number of aldehydes is 1. The quantitative estimate of drug-likeness (QED) is 0.796. The average Bonchev–Trinajstić information content (AvgIpc) is 2.29. The van der Waals surface area contributed by atoms with E-state index in [1.807, 2.05) is 13.8 Å². The van der Waals surface area contributed by atoms with Gasteiger partial charge >= 0.3 is 0 Å². The lowest BCUT2D eigenvalue weighted by Crippen LogP contribution is -2.29. The van der Waals surface area contributed by atoms with E-state index in [1.165, 1.54) is 0 Å². The number of nitrogens with one attached hydrogen (secondary N) is 1. The molecule has 0 heterocycles. The fourth-order valence-corrected chi connectivity index (χ4v) is 1.31. The number of rotatable bonds is 5. The van der Waals surface area contributed by atoms with Gasteiger partial charge in [-0.15, -0.1) is 0 Å². The molecule has 0 atom stereocenters. The third-order valence-electron chi connectivity index (χ3n) is 2.47. The topological polar surface area (TPSA) is 55.4 Å². The summed E-state index contributed by atoms with van der Waals surface area (Å²) in [5.74, 6) is -0.115. The van der Waals surface area contributed by atoms with E-state index in [0.29, 0.717) is 11.3 Å². The number of anilines is 1. The third-order valence-corrected chi connectivity index (χ3v) is 2.47. The zero-order chi connectivity index (χ0) is 12.9. The highest BCUT2D eigenvalue weighted by Gasteiger charge is 2.20. The molecule has 0 radical (unpaired) electrons. The number of carbonyl (C=O) groups excluding carboxylic acids is 2. The minimum Gasteiger partial charge on any atom is -0.378 e. The molecule has 1 N–H and O–H groups in total. The molecular weight excluding hydrogens is 218 g/mol. The number of hydrogen-bond acceptors (Lipinski definition) is 3. The highest BCUT2D eigenvalue weighted by molar-refractivity contribution is 5.91. The first kappa shape index (κ1) is 13.4. The molecule has 1 aromatic rings. The molecular formula is C13H17NO3. The van der Waals surface area contributed by atoms with Gasteiger partial charge in [-0.2, -0.15) is 0 Å². The van der Waals surface area contributed by atoms with Gasteiger partial charge in [-0.25, -0.2) is 0 Å². The molecule has 0 saturated heterocycles. The SMILES string of the molecule is COC(C)(C)CC(=O)Nc1ccc(C=O)cc1. The molecule has 0 unspecified atom stereocenters. The van der Waals surface area contributed by atoms with Gasteiger partial charge in [-0.05, 0) is 38.1 Å². The lowest BCUT2D eigenvalue weighted by atomic mass is 10.0. The van der Waals surface area contributed by atoms with Crippen molar-refractivity contribution in [1.82, 2.24) is 0 Å². The van der Waals surface area contributed by atoms with Crippen molar-refractivity contribution < 1.29 is 14.3 Å². The lowest BCUT2D eigenvalue weighted by Gasteiger charge is -2.21. The molecule has 0 saturated carbocycles. The molecule has 1 aromatic carbocycles. The van der Waals surface area contributed by atoms with E-state index in [4.69, 9.17) is 4.74 Å². The molecule has 0 bridgehead atoms. The van der Waals surface area contributed by atoms with E-state index in [9.17, 15) is 9.59 Å². The normalized spacial score (nSPS) is 11.0. The fourth-order valence-electron chi connectivity index (χ4n) is 1.31. The van der Waals surface area contributed by atoms with Crippen molar-refractivity contribution in [2.24, 2.45) is 0 Å². The Hall–Kier alpha value is -1.68. The number of hydrogen-bond donors (Lipinski definition) is 1. The molecule has 0 spiro atoms. The largest absolute Gasteiger partial charge is 0.378 e. The first-order valence-electron chi connectivity index (χ1n) is 5.37. The van der Waals surface area contributed by atoms with Gasteiger partial charge in [0.2, 0.25) is 5.91 Å². The molecule has 0 fully saturated rings. The zero-order valence-corrected chi connectivity index (χ0v) is 10.3. The molecule has 4 heteroatoms. The van der Waals surface area contributed by atoms with E-state index < -0.39 is 5.60 Å². The number of ether oxygens (including phenoxy) is 1. The first-order valence-corrected chi connectivity index (χ1v) is 5.37. The van der Waals surface area contributed by atoms with Crippen LogP contribution in [0.3, 0.4) is 0 Å². The number of methoxy groups -OCH3 is 1. The summed E-state index contributed by atoms with van der Waals surface area (Å²) in [5.41, 5.74) is 0.778. The second kappa shape index (κ2) is 5.59. The van der Waals surface area contributed by atoms with Crippen LogP contribution in [0.15, 0.2) is 24.3 Å². The van der Waals surface area contributed by atoms with Crippen LogP contribution in [0, 0.1) is 0 Å². The van der Waals surface area contributed by atoms with Gasteiger partial charge in [0, 0.05) is 18.4 Å². The molecule has 92 valence electrons. The van der Waals surface area contributed by atoms with Crippen LogP contribution < -0.4 is 5.32 Å². The monoisotopic (exact) mass is 235 g/mol. The van der Waals surface area contributed by atoms with E-state index in [1.54, 1.807) is 31.4 Å². The molecule has 0 aliphatic heterocycles. The summed E-state index contributed by atoms with van der Waals surface area (Å²) >= 11 is 0. The van der Waals surface area contributed by atoms with Crippen molar-refractivity contribution in [2.75, 3.05) is 12.4 Å². The standard InChI is InChI=1S/C13H17NO3/c1-13(2,17-3)8-12(16)14-11-6-4-10(9-15)5-7-11/h4-7,9H,8H2,1-3H3,(H,14,16). The van der Waals surface area contributed by atoms with Gasteiger partial charge in [0.15, 0.2) is 0 Å². The predicted molar refractivity (Wildman–Crippen MR) is 66.2 cm³/mol. The lowest BCUT2D eigenvalue weighted by molar-refractivity contribution is -0.121. The zero-order valence-electron chi connectivity index (χ0n) is 10.3. The Morgan fingerprint density at radius 2 is 1.94 bits per heavy atom. The Morgan fingerprint density at radius 1 is 1.35 bits per heavy atom. The molecule has 0 aliphatic carbocycles. The Labute approximate surface area is 101 Å². The smallest absolute Gasteiger partial charge is 0.227 e. The maximum absolute atomic E-state index is 11.7. The Morgan fingerprint density at radius 3 is 2.41 bits per heavy atom. The van der Waals surface area contributed by atoms with Gasteiger partial charge in [0.1, 0.15) is 6.29 Å². The highest BCUT2D eigenvalue weighted by Crippen LogP contribution is 2.15. The summed E-state index contributed by atoms with van der Waals surface area (Å²) < 4.78 is 5.18. The van der Waals surface area contributed by atoms with Crippen LogP contribution >= 0.6 is 0 Å². The van der Waals surface area contributed by atoms with Gasteiger partial charge in [0.25, 0.3) is 0 Å². The van der Waals surface area contributed by atoms with Crippen LogP contribution in [0.25, 0.3) is 0 Å². The Balaban J connectivity index is 2.59. The van der Waals surface area contributed by atoms with Crippen LogP contribution in [-0.2, 0) is 9.53 Å². The van der Waals surface area contributed by atoms with Crippen LogP contribution in [-0.4, -0.2) is 24.9 Å². The fraction of sp³-hybridized carbons (Fsp3) is 0.385. The minimum absolute atomic E-state index is 0.115. The maximum Gasteiger partial charge on any atom is 0.227 e. The van der Waals surface area contributed by atoms with Crippen LogP contribution in [0.5, 0.6) is 0 Å². The molecule has 1 rings (SSSR count). The predicted octanol–water partition coefficient (Wildman–Crippen LogP) is 2.25. The van der Waals surface area contributed by atoms with Crippen LogP contribution in [0.1, 0.15) is 30.6 Å². The van der Waals surface area contributed by atoms with E-state index in [-0.39, 0.29) is 12.3 Å². The average molecular weight is 235 g/mol. The summed E-state index contributed by atoms with van der Waals surface area (Å²) in [6.45, 7) is 3.70. The maximum atomic E-state index is 11.7. The van der Waals surface area contributed by atoms with Gasteiger partial charge in [-0.1, -0.05) is 0 Å². The number of carbonyl (C=O) groups is 2. The van der Waals surface area contributed by atoms with Crippen molar-refractivity contribution in [3.05, 3.63) is 29.8 Å². The van der Waals surface area contributed by atoms with E-state index in [0.717, 1.165) is 6.29 Å². The first-order chi connectivity index (χ1) is 7.96. The van der Waals surface area contributed by atoms with Crippen molar-refractivity contribution in [3.63, 3.8) is 0 Å². The second-order valence-corrected chi connectivity index (χ2v) is 4.43.